The first-order valence-corrected chi connectivity index (χ1v) is 5.75. The number of nitriles is 1. The Bertz CT molecular complexity index is 444. The fourth-order valence-corrected chi connectivity index (χ4v) is 1.97. The molecular weight excluding hydrogens is 268 g/mol. The molecule has 0 bridgehead atoms. The van der Waals surface area contributed by atoms with Gasteiger partial charge in [-0.05, 0) is 17.5 Å². The lowest BCUT2D eigenvalue weighted by molar-refractivity contribution is 0.316. The van der Waals surface area contributed by atoms with Gasteiger partial charge in [-0.25, -0.2) is 0 Å². The van der Waals surface area contributed by atoms with Gasteiger partial charge in [0.2, 0.25) is 0 Å². The molecule has 0 aliphatic carbocycles. The number of phenols is 1. The van der Waals surface area contributed by atoms with Gasteiger partial charge in [0, 0.05) is 16.1 Å². The molecule has 0 heterocycles. The highest BCUT2D eigenvalue weighted by Gasteiger charge is 2.27. The zero-order valence-electron chi connectivity index (χ0n) is 9.58. The van der Waals surface area contributed by atoms with E-state index in [4.69, 9.17) is 11.0 Å². The fraction of sp³-hybridized carbons (Fsp3) is 0.417. The Hall–Kier alpha value is -1.05. The molecule has 0 spiro atoms. The summed E-state index contributed by atoms with van der Waals surface area (Å²) in [6.45, 7) is 5.97. The van der Waals surface area contributed by atoms with Crippen LogP contribution in [0.1, 0.15) is 37.9 Å². The standard InChI is InChI=1S/C12H15BrN2O/c1-12(2,3)11(15)9-8(13)5-4-7(6-14)10(9)16/h4-5,11,16H,15H2,1-3H3/t11-/m0/s1. The molecule has 16 heavy (non-hydrogen) atoms. The minimum Gasteiger partial charge on any atom is -0.506 e. The molecule has 0 unspecified atom stereocenters. The molecule has 1 aromatic rings. The van der Waals surface area contributed by atoms with Crippen LogP contribution in [-0.2, 0) is 0 Å². The molecule has 0 fully saturated rings. The van der Waals surface area contributed by atoms with E-state index in [-0.39, 0.29) is 22.8 Å². The number of aromatic hydroxyl groups is 1. The van der Waals surface area contributed by atoms with E-state index in [2.05, 4.69) is 15.9 Å². The second kappa shape index (κ2) is 4.44. The van der Waals surface area contributed by atoms with Crippen molar-refractivity contribution in [1.82, 2.24) is 0 Å². The summed E-state index contributed by atoms with van der Waals surface area (Å²) in [7, 11) is 0. The summed E-state index contributed by atoms with van der Waals surface area (Å²) in [5, 5.41) is 18.8. The number of nitrogens with zero attached hydrogens (tertiary/aromatic N) is 1. The van der Waals surface area contributed by atoms with Crippen LogP contribution in [0, 0.1) is 16.7 Å². The summed E-state index contributed by atoms with van der Waals surface area (Å²) >= 11 is 3.35. The topological polar surface area (TPSA) is 70.0 Å². The second-order valence-corrected chi connectivity index (χ2v) is 5.67. The largest absolute Gasteiger partial charge is 0.506 e. The van der Waals surface area contributed by atoms with E-state index in [1.165, 1.54) is 0 Å². The summed E-state index contributed by atoms with van der Waals surface area (Å²) in [4.78, 5) is 0. The summed E-state index contributed by atoms with van der Waals surface area (Å²) in [5.41, 5.74) is 6.75. The average Bonchev–Trinajstić information content (AvgIpc) is 2.16. The molecule has 1 atom stereocenters. The highest BCUT2D eigenvalue weighted by molar-refractivity contribution is 9.10. The lowest BCUT2D eigenvalue weighted by Gasteiger charge is -2.28. The molecule has 0 radical (unpaired) electrons. The summed E-state index contributed by atoms with van der Waals surface area (Å²) in [6.07, 6.45) is 0. The highest BCUT2D eigenvalue weighted by Crippen LogP contribution is 2.40. The van der Waals surface area contributed by atoms with Crippen LogP contribution in [-0.4, -0.2) is 5.11 Å². The van der Waals surface area contributed by atoms with Gasteiger partial charge in [-0.1, -0.05) is 36.7 Å². The van der Waals surface area contributed by atoms with Crippen molar-refractivity contribution < 1.29 is 5.11 Å². The van der Waals surface area contributed by atoms with Crippen molar-refractivity contribution in [2.45, 2.75) is 26.8 Å². The molecule has 1 aromatic carbocycles. The third kappa shape index (κ3) is 2.37. The SMILES string of the molecule is CC(C)(C)[C@@H](N)c1c(Br)ccc(C#N)c1O. The molecule has 0 saturated heterocycles. The van der Waals surface area contributed by atoms with Crippen molar-refractivity contribution >= 4 is 15.9 Å². The van der Waals surface area contributed by atoms with Gasteiger partial charge in [-0.2, -0.15) is 5.26 Å². The van der Waals surface area contributed by atoms with E-state index < -0.39 is 0 Å². The molecular formula is C12H15BrN2O. The quantitative estimate of drug-likeness (QED) is 0.832. The smallest absolute Gasteiger partial charge is 0.139 e. The normalized spacial score (nSPS) is 13.2. The zero-order chi connectivity index (χ0) is 12.5. The van der Waals surface area contributed by atoms with Gasteiger partial charge in [0.25, 0.3) is 0 Å². The lowest BCUT2D eigenvalue weighted by atomic mass is 9.82. The van der Waals surface area contributed by atoms with Gasteiger partial charge < -0.3 is 10.8 Å². The Morgan fingerprint density at radius 1 is 1.44 bits per heavy atom. The van der Waals surface area contributed by atoms with E-state index in [1.54, 1.807) is 12.1 Å². The molecule has 3 N–H and O–H groups in total. The van der Waals surface area contributed by atoms with Crippen molar-refractivity contribution in [1.29, 1.82) is 5.26 Å². The molecule has 0 saturated carbocycles. The first-order chi connectivity index (χ1) is 7.29. The second-order valence-electron chi connectivity index (χ2n) is 4.81. The van der Waals surface area contributed by atoms with Gasteiger partial charge in [-0.15, -0.1) is 0 Å². The predicted octanol–water partition coefficient (Wildman–Crippen LogP) is 3.07. The maximum absolute atomic E-state index is 9.97. The third-order valence-corrected chi connectivity index (χ3v) is 3.22. The molecule has 1 rings (SSSR count). The molecule has 3 nitrogen and oxygen atoms in total. The molecule has 86 valence electrons. The van der Waals surface area contributed by atoms with E-state index in [0.717, 1.165) is 4.47 Å². The zero-order valence-corrected chi connectivity index (χ0v) is 11.2. The Balaban J connectivity index is 3.39. The van der Waals surface area contributed by atoms with Crippen LogP contribution in [0.25, 0.3) is 0 Å². The third-order valence-electron chi connectivity index (χ3n) is 2.53. The van der Waals surface area contributed by atoms with E-state index in [0.29, 0.717) is 5.56 Å². The Morgan fingerprint density at radius 3 is 2.44 bits per heavy atom. The van der Waals surface area contributed by atoms with Crippen LogP contribution in [0.4, 0.5) is 0 Å². The monoisotopic (exact) mass is 282 g/mol. The molecule has 0 aliphatic rings. The van der Waals surface area contributed by atoms with Crippen LogP contribution in [0.3, 0.4) is 0 Å². The van der Waals surface area contributed by atoms with Crippen LogP contribution >= 0.6 is 15.9 Å². The number of phenolic OH excluding ortho intramolecular Hbond substituents is 1. The Morgan fingerprint density at radius 2 is 2.00 bits per heavy atom. The predicted molar refractivity (Wildman–Crippen MR) is 66.9 cm³/mol. The molecule has 0 aromatic heterocycles. The van der Waals surface area contributed by atoms with Crippen molar-refractivity contribution in [3.05, 3.63) is 27.7 Å². The number of nitrogens with two attached hydrogens (primary N) is 1. The highest BCUT2D eigenvalue weighted by atomic mass is 79.9. The van der Waals surface area contributed by atoms with Gasteiger partial charge in [0.15, 0.2) is 0 Å². The van der Waals surface area contributed by atoms with Crippen molar-refractivity contribution in [3.8, 4) is 11.8 Å². The summed E-state index contributed by atoms with van der Waals surface area (Å²) < 4.78 is 0.728. The van der Waals surface area contributed by atoms with E-state index in [9.17, 15) is 5.11 Å². The number of rotatable bonds is 1. The van der Waals surface area contributed by atoms with Gasteiger partial charge in [0.1, 0.15) is 11.8 Å². The maximum Gasteiger partial charge on any atom is 0.139 e. The molecule has 4 heteroatoms. The maximum atomic E-state index is 9.97. The van der Waals surface area contributed by atoms with Crippen molar-refractivity contribution in [2.24, 2.45) is 11.1 Å². The summed E-state index contributed by atoms with van der Waals surface area (Å²) in [5.74, 6) is -0.0284. The first kappa shape index (κ1) is 13.0. The van der Waals surface area contributed by atoms with Gasteiger partial charge in [-0.3, -0.25) is 0 Å². The van der Waals surface area contributed by atoms with Crippen molar-refractivity contribution in [2.75, 3.05) is 0 Å². The lowest BCUT2D eigenvalue weighted by Crippen LogP contribution is -2.26. The molecule has 0 amide bonds. The van der Waals surface area contributed by atoms with Crippen molar-refractivity contribution in [3.63, 3.8) is 0 Å². The van der Waals surface area contributed by atoms with Crippen LogP contribution < -0.4 is 5.73 Å². The Labute approximate surface area is 104 Å². The van der Waals surface area contributed by atoms with E-state index >= 15 is 0 Å². The van der Waals surface area contributed by atoms with Gasteiger partial charge >= 0.3 is 0 Å². The Kier molecular flexibility index (Phi) is 3.61. The van der Waals surface area contributed by atoms with Crippen LogP contribution in [0.15, 0.2) is 16.6 Å². The first-order valence-electron chi connectivity index (χ1n) is 4.96. The van der Waals surface area contributed by atoms with Crippen LogP contribution in [0.2, 0.25) is 0 Å². The minimum absolute atomic E-state index is 0.0284. The van der Waals surface area contributed by atoms with Gasteiger partial charge in [0.05, 0.1) is 5.56 Å². The average molecular weight is 283 g/mol. The number of halogens is 1. The minimum atomic E-state index is -0.338. The fourth-order valence-electron chi connectivity index (χ4n) is 1.40. The molecule has 0 aliphatic heterocycles. The van der Waals surface area contributed by atoms with Crippen LogP contribution in [0.5, 0.6) is 5.75 Å². The number of benzene rings is 1. The number of hydrogen-bond donors (Lipinski definition) is 2. The van der Waals surface area contributed by atoms with E-state index in [1.807, 2.05) is 26.8 Å². The summed E-state index contributed by atoms with van der Waals surface area (Å²) in [6, 6.07) is 4.91. The number of hydrogen-bond acceptors (Lipinski definition) is 3.